The SMILES string of the molecule is FC(F)(F)CSc1cc(Oc2cc(SCC(F)(F)F)c(Cl)cc2Cl)c(Cl)cc1Cl. The van der Waals surface area contributed by atoms with Crippen molar-refractivity contribution >= 4 is 69.9 Å². The molecule has 0 aromatic heterocycles. The second-order valence-corrected chi connectivity index (χ2v) is 9.00. The molecule has 2 rings (SSSR count). The minimum atomic E-state index is -4.42. The van der Waals surface area contributed by atoms with Gasteiger partial charge < -0.3 is 4.74 Å². The lowest BCUT2D eigenvalue weighted by atomic mass is 10.3. The van der Waals surface area contributed by atoms with E-state index in [0.29, 0.717) is 23.5 Å². The van der Waals surface area contributed by atoms with Crippen LogP contribution in [-0.2, 0) is 0 Å². The zero-order chi connectivity index (χ0) is 22.0. The van der Waals surface area contributed by atoms with E-state index in [4.69, 9.17) is 51.1 Å². The molecule has 0 amide bonds. The summed E-state index contributed by atoms with van der Waals surface area (Å²) in [5.74, 6) is -2.52. The molecular formula is C16H8Cl4F6OS2. The Bertz CT molecular complexity index is 818. The van der Waals surface area contributed by atoms with Crippen molar-refractivity contribution in [1.29, 1.82) is 0 Å². The molecule has 160 valence electrons. The fourth-order valence-electron chi connectivity index (χ4n) is 1.84. The number of hydrogen-bond donors (Lipinski definition) is 0. The summed E-state index contributed by atoms with van der Waals surface area (Å²) in [6, 6.07) is 4.77. The summed E-state index contributed by atoms with van der Waals surface area (Å²) in [7, 11) is 0. The molecule has 0 N–H and O–H groups in total. The van der Waals surface area contributed by atoms with Gasteiger partial charge in [0.05, 0.1) is 31.6 Å². The number of ether oxygens (including phenoxy) is 1. The Morgan fingerprint density at radius 2 is 0.966 bits per heavy atom. The Morgan fingerprint density at radius 3 is 1.28 bits per heavy atom. The van der Waals surface area contributed by atoms with Crippen molar-refractivity contribution in [3.8, 4) is 11.5 Å². The Labute approximate surface area is 190 Å². The zero-order valence-corrected chi connectivity index (χ0v) is 18.4. The van der Waals surface area contributed by atoms with E-state index < -0.39 is 23.9 Å². The molecule has 13 heteroatoms. The summed E-state index contributed by atoms with van der Waals surface area (Å²) < 4.78 is 80.3. The Balaban J connectivity index is 2.30. The first-order valence-corrected chi connectivity index (χ1v) is 10.8. The molecule has 0 bridgehead atoms. The van der Waals surface area contributed by atoms with Gasteiger partial charge >= 0.3 is 12.4 Å². The summed E-state index contributed by atoms with van der Waals surface area (Å²) in [6.07, 6.45) is -8.84. The van der Waals surface area contributed by atoms with Crippen LogP contribution in [0.1, 0.15) is 0 Å². The highest BCUT2D eigenvalue weighted by atomic mass is 35.5. The van der Waals surface area contributed by atoms with Crippen molar-refractivity contribution in [3.05, 3.63) is 44.4 Å². The van der Waals surface area contributed by atoms with Gasteiger partial charge in [-0.05, 0) is 24.3 Å². The van der Waals surface area contributed by atoms with Crippen molar-refractivity contribution in [2.75, 3.05) is 11.5 Å². The third-order valence-electron chi connectivity index (χ3n) is 2.98. The summed E-state index contributed by atoms with van der Waals surface area (Å²) in [4.78, 5) is 0.111. The third kappa shape index (κ3) is 8.03. The minimum Gasteiger partial charge on any atom is -0.454 e. The fraction of sp³-hybridized carbons (Fsp3) is 0.250. The normalized spacial score (nSPS) is 12.3. The smallest absolute Gasteiger partial charge is 0.398 e. The number of alkyl halides is 6. The van der Waals surface area contributed by atoms with Crippen molar-refractivity contribution < 1.29 is 31.1 Å². The Morgan fingerprint density at radius 1 is 0.621 bits per heavy atom. The second-order valence-electron chi connectivity index (χ2n) is 5.34. The van der Waals surface area contributed by atoms with Crippen molar-refractivity contribution in [1.82, 2.24) is 0 Å². The predicted molar refractivity (Wildman–Crippen MR) is 107 cm³/mol. The molecule has 2 aromatic carbocycles. The average molecular weight is 536 g/mol. The number of rotatable bonds is 6. The molecule has 1 nitrogen and oxygen atoms in total. The lowest BCUT2D eigenvalue weighted by molar-refractivity contribution is -0.106. The summed E-state index contributed by atoms with van der Waals surface area (Å²) >= 11 is 24.7. The van der Waals surface area contributed by atoms with E-state index in [9.17, 15) is 26.3 Å². The molecule has 0 heterocycles. The van der Waals surface area contributed by atoms with Crippen LogP contribution in [0.25, 0.3) is 0 Å². The second kappa shape index (κ2) is 9.87. The first-order valence-electron chi connectivity index (χ1n) is 7.30. The Kier molecular flexibility index (Phi) is 8.49. The standard InChI is InChI=1S/C16H8Cl4F6OS2/c17-7-1-9(19)13(28-5-15(21,22)23)3-11(7)27-12-4-14(10(20)2-8(12)18)29-6-16(24,25)26/h1-4H,5-6H2. The molecule has 0 unspecified atom stereocenters. The molecule has 29 heavy (non-hydrogen) atoms. The maximum atomic E-state index is 12.5. The lowest BCUT2D eigenvalue weighted by Crippen LogP contribution is -2.10. The number of hydrogen-bond acceptors (Lipinski definition) is 3. The average Bonchev–Trinajstić information content (AvgIpc) is 2.55. The molecule has 0 aliphatic rings. The largest absolute Gasteiger partial charge is 0.454 e. The maximum Gasteiger partial charge on any atom is 0.398 e. The molecule has 0 atom stereocenters. The van der Waals surface area contributed by atoms with Crippen LogP contribution in [0.2, 0.25) is 20.1 Å². The highest BCUT2D eigenvalue weighted by molar-refractivity contribution is 7.99. The van der Waals surface area contributed by atoms with Gasteiger partial charge in [0.25, 0.3) is 0 Å². The molecule has 0 saturated heterocycles. The Hall–Kier alpha value is -0.320. The van der Waals surface area contributed by atoms with Gasteiger partial charge in [0.2, 0.25) is 0 Å². The molecule has 0 radical (unpaired) electrons. The van der Waals surface area contributed by atoms with Crippen LogP contribution in [0.4, 0.5) is 26.3 Å². The van der Waals surface area contributed by atoms with Gasteiger partial charge in [-0.25, -0.2) is 0 Å². The molecule has 2 aromatic rings. The maximum absolute atomic E-state index is 12.5. The highest BCUT2D eigenvalue weighted by Gasteiger charge is 2.29. The number of thioether (sulfide) groups is 2. The number of halogens is 10. The van der Waals surface area contributed by atoms with Crippen molar-refractivity contribution in [3.63, 3.8) is 0 Å². The van der Waals surface area contributed by atoms with Crippen LogP contribution in [-0.4, -0.2) is 23.9 Å². The van der Waals surface area contributed by atoms with Gasteiger partial charge in [-0.15, -0.1) is 23.5 Å². The molecule has 0 aliphatic carbocycles. The summed E-state index contributed by atoms with van der Waals surface area (Å²) in [6.45, 7) is 0. The van der Waals surface area contributed by atoms with Crippen LogP contribution < -0.4 is 4.74 Å². The monoisotopic (exact) mass is 534 g/mol. The first-order chi connectivity index (χ1) is 13.2. The van der Waals surface area contributed by atoms with E-state index in [0.717, 1.165) is 0 Å². The predicted octanol–water partition coefficient (Wildman–Crippen LogP) is 9.40. The van der Waals surface area contributed by atoms with E-state index in [1.165, 1.54) is 24.3 Å². The first kappa shape index (κ1) is 24.9. The molecule has 0 spiro atoms. The zero-order valence-electron chi connectivity index (χ0n) is 13.7. The van der Waals surface area contributed by atoms with E-state index in [1.54, 1.807) is 0 Å². The van der Waals surface area contributed by atoms with E-state index in [1.807, 2.05) is 0 Å². The van der Waals surface area contributed by atoms with Crippen LogP contribution in [0.15, 0.2) is 34.1 Å². The molecule has 0 aliphatic heterocycles. The topological polar surface area (TPSA) is 9.23 Å². The molecule has 0 fully saturated rings. The van der Waals surface area contributed by atoms with Gasteiger partial charge in [0.1, 0.15) is 11.5 Å². The highest BCUT2D eigenvalue weighted by Crippen LogP contribution is 2.43. The van der Waals surface area contributed by atoms with Crippen molar-refractivity contribution in [2.45, 2.75) is 22.1 Å². The molecule has 0 saturated carbocycles. The van der Waals surface area contributed by atoms with E-state index >= 15 is 0 Å². The van der Waals surface area contributed by atoms with Gasteiger partial charge in [0, 0.05) is 9.79 Å². The van der Waals surface area contributed by atoms with Crippen LogP contribution >= 0.6 is 69.9 Å². The number of benzene rings is 2. The van der Waals surface area contributed by atoms with Crippen LogP contribution in [0.3, 0.4) is 0 Å². The van der Waals surface area contributed by atoms with Crippen molar-refractivity contribution in [2.24, 2.45) is 0 Å². The fourth-order valence-corrected chi connectivity index (χ4v) is 4.42. The summed E-state index contributed by atoms with van der Waals surface area (Å²) in [5.41, 5.74) is 0. The minimum absolute atomic E-state index is 0.0137. The van der Waals surface area contributed by atoms with Gasteiger partial charge in [0.15, 0.2) is 0 Å². The van der Waals surface area contributed by atoms with Crippen LogP contribution in [0, 0.1) is 0 Å². The van der Waals surface area contributed by atoms with Gasteiger partial charge in [-0.1, -0.05) is 46.4 Å². The molecular weight excluding hydrogens is 528 g/mol. The quantitative estimate of drug-likeness (QED) is 0.269. The van der Waals surface area contributed by atoms with Crippen LogP contribution in [0.5, 0.6) is 11.5 Å². The van der Waals surface area contributed by atoms with E-state index in [2.05, 4.69) is 0 Å². The lowest BCUT2D eigenvalue weighted by Gasteiger charge is -2.15. The van der Waals surface area contributed by atoms with E-state index in [-0.39, 0.29) is 41.4 Å². The third-order valence-corrected chi connectivity index (χ3v) is 6.66. The van der Waals surface area contributed by atoms with Gasteiger partial charge in [-0.2, -0.15) is 26.3 Å². The van der Waals surface area contributed by atoms with Gasteiger partial charge in [-0.3, -0.25) is 0 Å². The summed E-state index contributed by atoms with van der Waals surface area (Å²) in [5, 5.41) is -0.0795.